The van der Waals surface area contributed by atoms with Gasteiger partial charge >= 0.3 is 0 Å². The number of aliphatic hydroxyl groups is 1. The molecule has 1 amide bonds. The van der Waals surface area contributed by atoms with Crippen LogP contribution in [0.25, 0.3) is 0 Å². The number of halogens is 1. The molecule has 76 valence electrons. The summed E-state index contributed by atoms with van der Waals surface area (Å²) in [5.74, 6) is -0.491. The van der Waals surface area contributed by atoms with Gasteiger partial charge in [0, 0.05) is 16.7 Å². The average Bonchev–Trinajstić information content (AvgIpc) is 2.20. The maximum Gasteiger partial charge on any atom is 0.254 e. The van der Waals surface area contributed by atoms with Gasteiger partial charge in [-0.1, -0.05) is 15.9 Å². The molecule has 0 aliphatic carbocycles. The second-order valence-corrected chi connectivity index (χ2v) is 3.66. The van der Waals surface area contributed by atoms with Crippen molar-refractivity contribution in [2.75, 3.05) is 11.9 Å². The molecule has 0 aliphatic heterocycles. The highest BCUT2D eigenvalue weighted by atomic mass is 79.9. The fraction of sp³-hybridized carbons (Fsp3) is 0.222. The van der Waals surface area contributed by atoms with Gasteiger partial charge in [-0.15, -0.1) is 0 Å². The van der Waals surface area contributed by atoms with Crippen LogP contribution in [0, 0.1) is 0 Å². The van der Waals surface area contributed by atoms with Crippen LogP contribution in [0.15, 0.2) is 28.7 Å². The number of hydrogen-bond donors (Lipinski definition) is 3. The summed E-state index contributed by atoms with van der Waals surface area (Å²) < 4.78 is 0.926. The van der Waals surface area contributed by atoms with Gasteiger partial charge in [-0.2, -0.15) is 0 Å². The fourth-order valence-corrected chi connectivity index (χ4v) is 1.13. The molecule has 0 spiro atoms. The van der Waals surface area contributed by atoms with Crippen molar-refractivity contribution in [3.8, 4) is 0 Å². The van der Waals surface area contributed by atoms with Crippen LogP contribution in [0.2, 0.25) is 0 Å². The lowest BCUT2D eigenvalue weighted by Crippen LogP contribution is -2.34. The Labute approximate surface area is 90.2 Å². The second-order valence-electron chi connectivity index (χ2n) is 2.75. The first-order valence-electron chi connectivity index (χ1n) is 4.08. The topological polar surface area (TPSA) is 75.3 Å². The van der Waals surface area contributed by atoms with E-state index in [0.717, 1.165) is 4.47 Å². The summed E-state index contributed by atoms with van der Waals surface area (Å²) in [6.07, 6.45) is -1.15. The molecule has 0 aromatic heterocycles. The second kappa shape index (κ2) is 5.09. The summed E-state index contributed by atoms with van der Waals surface area (Å²) in [6, 6.07) is 7.05. The zero-order chi connectivity index (χ0) is 10.6. The lowest BCUT2D eigenvalue weighted by Gasteiger charge is -2.08. The van der Waals surface area contributed by atoms with Crippen molar-refractivity contribution in [2.45, 2.75) is 6.10 Å². The molecule has 4 nitrogen and oxygen atoms in total. The summed E-state index contributed by atoms with van der Waals surface area (Å²) in [5, 5.41) is 11.6. The van der Waals surface area contributed by atoms with Gasteiger partial charge in [0.1, 0.15) is 6.10 Å². The van der Waals surface area contributed by atoms with E-state index in [2.05, 4.69) is 21.2 Å². The number of benzene rings is 1. The lowest BCUT2D eigenvalue weighted by atomic mass is 10.3. The molecule has 0 saturated carbocycles. The summed E-state index contributed by atoms with van der Waals surface area (Å²) in [5.41, 5.74) is 5.76. The maximum atomic E-state index is 11.2. The van der Waals surface area contributed by atoms with E-state index in [4.69, 9.17) is 10.8 Å². The van der Waals surface area contributed by atoms with Crippen molar-refractivity contribution >= 4 is 27.5 Å². The van der Waals surface area contributed by atoms with Crippen LogP contribution in [-0.4, -0.2) is 23.7 Å². The highest BCUT2D eigenvalue weighted by molar-refractivity contribution is 9.10. The number of carbonyl (C=O) groups excluding carboxylic acids is 1. The average molecular weight is 259 g/mol. The van der Waals surface area contributed by atoms with Crippen LogP contribution in [0.4, 0.5) is 5.69 Å². The Balaban J connectivity index is 2.60. The van der Waals surface area contributed by atoms with Gasteiger partial charge < -0.3 is 16.2 Å². The van der Waals surface area contributed by atoms with E-state index in [1.54, 1.807) is 24.3 Å². The van der Waals surface area contributed by atoms with E-state index in [1.165, 1.54) is 0 Å². The van der Waals surface area contributed by atoms with E-state index in [9.17, 15) is 4.79 Å². The molecule has 4 N–H and O–H groups in total. The summed E-state index contributed by atoms with van der Waals surface area (Å²) in [7, 11) is 0. The zero-order valence-corrected chi connectivity index (χ0v) is 8.99. The third kappa shape index (κ3) is 3.10. The quantitative estimate of drug-likeness (QED) is 0.748. The Morgan fingerprint density at radius 2 is 2.07 bits per heavy atom. The minimum Gasteiger partial charge on any atom is -0.382 e. The van der Waals surface area contributed by atoms with Gasteiger partial charge in [-0.25, -0.2) is 0 Å². The first-order chi connectivity index (χ1) is 6.63. The molecule has 0 bridgehead atoms. The predicted molar refractivity (Wildman–Crippen MR) is 57.8 cm³/mol. The summed E-state index contributed by atoms with van der Waals surface area (Å²) in [6.45, 7) is -0.0810. The van der Waals surface area contributed by atoms with Crippen molar-refractivity contribution in [1.82, 2.24) is 0 Å². The van der Waals surface area contributed by atoms with Crippen LogP contribution < -0.4 is 11.1 Å². The Morgan fingerprint density at radius 1 is 1.50 bits per heavy atom. The van der Waals surface area contributed by atoms with Crippen LogP contribution in [0.3, 0.4) is 0 Å². The first-order valence-corrected chi connectivity index (χ1v) is 4.87. The Bertz CT molecular complexity index is 313. The molecule has 5 heteroatoms. The van der Waals surface area contributed by atoms with E-state index < -0.39 is 12.0 Å². The van der Waals surface area contributed by atoms with Crippen LogP contribution in [-0.2, 0) is 4.79 Å². The van der Waals surface area contributed by atoms with Gasteiger partial charge in [0.25, 0.3) is 5.91 Å². The largest absolute Gasteiger partial charge is 0.382 e. The first kappa shape index (κ1) is 11.2. The maximum absolute atomic E-state index is 11.2. The molecule has 0 radical (unpaired) electrons. The number of carbonyl (C=O) groups is 1. The number of nitrogens with one attached hydrogen (secondary N) is 1. The third-order valence-corrected chi connectivity index (χ3v) is 2.17. The standard InChI is InChI=1S/C9H11BrN2O2/c10-6-1-3-7(4-2-6)12-9(14)8(13)5-11/h1-4,8,13H,5,11H2,(H,12,14). The van der Waals surface area contributed by atoms with Gasteiger partial charge in [-0.05, 0) is 24.3 Å². The van der Waals surface area contributed by atoms with E-state index in [-0.39, 0.29) is 6.54 Å². The van der Waals surface area contributed by atoms with Gasteiger partial charge in [-0.3, -0.25) is 4.79 Å². The van der Waals surface area contributed by atoms with Crippen molar-refractivity contribution in [3.05, 3.63) is 28.7 Å². The van der Waals surface area contributed by atoms with Crippen LogP contribution in [0.1, 0.15) is 0 Å². The van der Waals surface area contributed by atoms with Crippen molar-refractivity contribution in [2.24, 2.45) is 5.73 Å². The molecular formula is C9H11BrN2O2. The van der Waals surface area contributed by atoms with Crippen LogP contribution in [0.5, 0.6) is 0 Å². The highest BCUT2D eigenvalue weighted by Gasteiger charge is 2.12. The molecule has 1 rings (SSSR count). The van der Waals surface area contributed by atoms with Gasteiger partial charge in [0.2, 0.25) is 0 Å². The third-order valence-electron chi connectivity index (χ3n) is 1.64. The number of nitrogens with two attached hydrogens (primary N) is 1. The molecule has 1 aromatic rings. The number of amides is 1. The van der Waals surface area contributed by atoms with Crippen molar-refractivity contribution in [1.29, 1.82) is 0 Å². The van der Waals surface area contributed by atoms with Crippen molar-refractivity contribution in [3.63, 3.8) is 0 Å². The predicted octanol–water partition coefficient (Wildman–Crippen LogP) is 0.707. The molecule has 14 heavy (non-hydrogen) atoms. The fourth-order valence-electron chi connectivity index (χ4n) is 0.866. The lowest BCUT2D eigenvalue weighted by molar-refractivity contribution is -0.123. The van der Waals surface area contributed by atoms with Crippen molar-refractivity contribution < 1.29 is 9.90 Å². The number of anilines is 1. The Hall–Kier alpha value is -0.910. The summed E-state index contributed by atoms with van der Waals surface area (Å²) in [4.78, 5) is 11.2. The smallest absolute Gasteiger partial charge is 0.254 e. The monoisotopic (exact) mass is 258 g/mol. The molecule has 1 aromatic carbocycles. The molecule has 0 heterocycles. The van der Waals surface area contributed by atoms with Gasteiger partial charge in [0.15, 0.2) is 0 Å². The minimum absolute atomic E-state index is 0.0810. The zero-order valence-electron chi connectivity index (χ0n) is 7.40. The highest BCUT2D eigenvalue weighted by Crippen LogP contribution is 2.14. The Kier molecular flexibility index (Phi) is 4.06. The molecule has 0 fully saturated rings. The molecule has 0 aliphatic rings. The van der Waals surface area contributed by atoms with E-state index >= 15 is 0 Å². The summed E-state index contributed by atoms with van der Waals surface area (Å²) >= 11 is 3.27. The number of aliphatic hydroxyl groups excluding tert-OH is 1. The molecular weight excluding hydrogens is 248 g/mol. The SMILES string of the molecule is NCC(O)C(=O)Nc1ccc(Br)cc1. The van der Waals surface area contributed by atoms with E-state index in [1.807, 2.05) is 0 Å². The van der Waals surface area contributed by atoms with Gasteiger partial charge in [0.05, 0.1) is 0 Å². The Morgan fingerprint density at radius 3 is 2.57 bits per heavy atom. The number of hydrogen-bond acceptors (Lipinski definition) is 3. The molecule has 1 atom stereocenters. The number of rotatable bonds is 3. The normalized spacial score (nSPS) is 12.2. The molecule has 1 unspecified atom stereocenters. The van der Waals surface area contributed by atoms with E-state index in [0.29, 0.717) is 5.69 Å². The molecule has 0 saturated heterocycles. The minimum atomic E-state index is -1.15. The van der Waals surface area contributed by atoms with Crippen LogP contribution >= 0.6 is 15.9 Å².